The van der Waals surface area contributed by atoms with Crippen LogP contribution < -0.4 is 5.32 Å². The molecular weight excluding hydrogens is 254 g/mol. The molecule has 1 aliphatic rings. The topological polar surface area (TPSA) is 25.2 Å². The minimum Gasteiger partial charge on any atom is -0.464 e. The molecule has 0 aromatic carbocycles. The highest BCUT2D eigenvalue weighted by Gasteiger charge is 2.36. The zero-order valence-electron chi connectivity index (χ0n) is 11.6. The fraction of sp³-hybridized carbons (Fsp3) is 0.500. The van der Waals surface area contributed by atoms with Crippen molar-refractivity contribution in [2.45, 2.75) is 45.7 Å². The predicted octanol–water partition coefficient (Wildman–Crippen LogP) is 4.32. The molecule has 102 valence electrons. The van der Waals surface area contributed by atoms with Crippen molar-refractivity contribution >= 4 is 11.3 Å². The van der Waals surface area contributed by atoms with Gasteiger partial charge in [0.05, 0.1) is 6.54 Å². The molecule has 0 bridgehead atoms. The van der Waals surface area contributed by atoms with Gasteiger partial charge >= 0.3 is 0 Å². The minimum absolute atomic E-state index is 0.678. The van der Waals surface area contributed by atoms with Crippen LogP contribution in [-0.4, -0.2) is 0 Å². The van der Waals surface area contributed by atoms with Crippen molar-refractivity contribution < 1.29 is 4.42 Å². The first-order valence-electron chi connectivity index (χ1n) is 7.12. The summed E-state index contributed by atoms with van der Waals surface area (Å²) in [5.41, 5.74) is 1.46. The first-order valence-corrected chi connectivity index (χ1v) is 8.00. The SMILES string of the molecule is CCc1ccsc1CNCc1ccc(C2CC2C)o1. The Labute approximate surface area is 118 Å². The van der Waals surface area contributed by atoms with Crippen LogP contribution in [0.4, 0.5) is 0 Å². The second kappa shape index (κ2) is 5.51. The van der Waals surface area contributed by atoms with Crippen LogP contribution in [0.1, 0.15) is 48.1 Å². The lowest BCUT2D eigenvalue weighted by Crippen LogP contribution is -2.12. The fourth-order valence-corrected chi connectivity index (χ4v) is 3.49. The monoisotopic (exact) mass is 275 g/mol. The molecule has 0 radical (unpaired) electrons. The quantitative estimate of drug-likeness (QED) is 0.849. The molecule has 2 aromatic rings. The van der Waals surface area contributed by atoms with Gasteiger partial charge in [0, 0.05) is 17.3 Å². The third-order valence-electron chi connectivity index (χ3n) is 3.96. The van der Waals surface area contributed by atoms with Gasteiger partial charge in [-0.3, -0.25) is 0 Å². The Morgan fingerprint density at radius 1 is 1.32 bits per heavy atom. The summed E-state index contributed by atoms with van der Waals surface area (Å²) in [7, 11) is 0. The minimum atomic E-state index is 0.678. The predicted molar refractivity (Wildman–Crippen MR) is 79.5 cm³/mol. The molecule has 1 fully saturated rings. The molecule has 1 aliphatic carbocycles. The molecule has 0 aliphatic heterocycles. The molecule has 3 rings (SSSR count). The molecular formula is C16H21NOS. The van der Waals surface area contributed by atoms with Crippen LogP contribution in [0, 0.1) is 5.92 Å². The average molecular weight is 275 g/mol. The smallest absolute Gasteiger partial charge is 0.117 e. The summed E-state index contributed by atoms with van der Waals surface area (Å²) in [6, 6.07) is 6.48. The molecule has 2 heterocycles. The van der Waals surface area contributed by atoms with Gasteiger partial charge in [-0.05, 0) is 47.9 Å². The maximum Gasteiger partial charge on any atom is 0.117 e. The molecule has 0 amide bonds. The van der Waals surface area contributed by atoms with Crippen LogP contribution in [0.5, 0.6) is 0 Å². The van der Waals surface area contributed by atoms with Crippen molar-refractivity contribution in [2.24, 2.45) is 5.92 Å². The van der Waals surface area contributed by atoms with Crippen molar-refractivity contribution in [1.82, 2.24) is 5.32 Å². The van der Waals surface area contributed by atoms with E-state index in [9.17, 15) is 0 Å². The number of aryl methyl sites for hydroxylation is 1. The summed E-state index contributed by atoms with van der Waals surface area (Å²) in [6.07, 6.45) is 2.40. The van der Waals surface area contributed by atoms with E-state index in [-0.39, 0.29) is 0 Å². The van der Waals surface area contributed by atoms with Crippen LogP contribution >= 0.6 is 11.3 Å². The van der Waals surface area contributed by atoms with Crippen molar-refractivity contribution in [3.05, 3.63) is 45.5 Å². The van der Waals surface area contributed by atoms with Crippen molar-refractivity contribution in [3.63, 3.8) is 0 Å². The highest BCUT2D eigenvalue weighted by molar-refractivity contribution is 7.10. The molecule has 2 nitrogen and oxygen atoms in total. The van der Waals surface area contributed by atoms with E-state index in [0.29, 0.717) is 5.92 Å². The summed E-state index contributed by atoms with van der Waals surface area (Å²) >= 11 is 1.84. The van der Waals surface area contributed by atoms with Crippen molar-refractivity contribution in [2.75, 3.05) is 0 Å². The van der Waals surface area contributed by atoms with Gasteiger partial charge in [-0.2, -0.15) is 0 Å². The van der Waals surface area contributed by atoms with Crippen LogP contribution in [0.2, 0.25) is 0 Å². The molecule has 1 N–H and O–H groups in total. The second-order valence-corrected chi connectivity index (χ2v) is 6.45. The first kappa shape index (κ1) is 12.9. The Balaban J connectivity index is 1.51. The Morgan fingerprint density at radius 3 is 2.89 bits per heavy atom. The Kier molecular flexibility index (Phi) is 3.76. The van der Waals surface area contributed by atoms with E-state index in [4.69, 9.17) is 4.42 Å². The number of furan rings is 1. The van der Waals surface area contributed by atoms with Gasteiger partial charge in [-0.1, -0.05) is 13.8 Å². The van der Waals surface area contributed by atoms with Gasteiger partial charge in [-0.25, -0.2) is 0 Å². The summed E-state index contributed by atoms with van der Waals surface area (Å²) in [4.78, 5) is 1.45. The van der Waals surface area contributed by atoms with Crippen molar-refractivity contribution in [3.8, 4) is 0 Å². The van der Waals surface area contributed by atoms with E-state index in [2.05, 4.69) is 42.7 Å². The average Bonchev–Trinajstić information content (AvgIpc) is 2.85. The van der Waals surface area contributed by atoms with E-state index < -0.39 is 0 Å². The van der Waals surface area contributed by atoms with Gasteiger partial charge in [-0.15, -0.1) is 11.3 Å². The third-order valence-corrected chi connectivity index (χ3v) is 4.92. The largest absolute Gasteiger partial charge is 0.464 e. The van der Waals surface area contributed by atoms with Gasteiger partial charge in [0.2, 0.25) is 0 Å². The second-order valence-electron chi connectivity index (χ2n) is 5.45. The fourth-order valence-electron chi connectivity index (χ4n) is 2.54. The maximum atomic E-state index is 5.89. The van der Waals surface area contributed by atoms with E-state index in [1.807, 2.05) is 11.3 Å². The highest BCUT2D eigenvalue weighted by atomic mass is 32.1. The molecule has 0 saturated heterocycles. The molecule has 2 atom stereocenters. The summed E-state index contributed by atoms with van der Waals surface area (Å²) in [5.74, 6) is 3.72. The number of thiophene rings is 1. The number of hydrogen-bond donors (Lipinski definition) is 1. The first-order chi connectivity index (χ1) is 9.28. The molecule has 2 unspecified atom stereocenters. The lowest BCUT2D eigenvalue weighted by molar-refractivity contribution is 0.444. The molecule has 0 spiro atoms. The van der Waals surface area contributed by atoms with Gasteiger partial charge in [0.1, 0.15) is 11.5 Å². The lowest BCUT2D eigenvalue weighted by atomic mass is 10.2. The molecule has 1 saturated carbocycles. The summed E-state index contributed by atoms with van der Waals surface area (Å²) in [6.45, 7) is 6.26. The van der Waals surface area contributed by atoms with Gasteiger partial charge in [0.15, 0.2) is 0 Å². The van der Waals surface area contributed by atoms with Crippen LogP contribution in [0.15, 0.2) is 28.0 Å². The number of hydrogen-bond acceptors (Lipinski definition) is 3. The van der Waals surface area contributed by atoms with Gasteiger partial charge in [0.25, 0.3) is 0 Å². The Hall–Kier alpha value is -1.06. The van der Waals surface area contributed by atoms with Crippen LogP contribution in [0.25, 0.3) is 0 Å². The zero-order chi connectivity index (χ0) is 13.2. The molecule has 3 heteroatoms. The highest BCUT2D eigenvalue weighted by Crippen LogP contribution is 2.47. The van der Waals surface area contributed by atoms with Crippen LogP contribution in [-0.2, 0) is 19.5 Å². The van der Waals surface area contributed by atoms with Crippen LogP contribution in [0.3, 0.4) is 0 Å². The number of rotatable bonds is 6. The van der Waals surface area contributed by atoms with E-state index in [1.165, 1.54) is 22.6 Å². The normalized spacial score (nSPS) is 21.8. The Bertz CT molecular complexity index is 542. The molecule has 2 aromatic heterocycles. The zero-order valence-corrected chi connectivity index (χ0v) is 12.4. The summed E-state index contributed by atoms with van der Waals surface area (Å²) in [5, 5.41) is 5.66. The third kappa shape index (κ3) is 2.93. The van der Waals surface area contributed by atoms with E-state index in [1.54, 1.807) is 0 Å². The van der Waals surface area contributed by atoms with Gasteiger partial charge < -0.3 is 9.73 Å². The van der Waals surface area contributed by atoms with Crippen molar-refractivity contribution in [1.29, 1.82) is 0 Å². The maximum absolute atomic E-state index is 5.89. The van der Waals surface area contributed by atoms with E-state index >= 15 is 0 Å². The lowest BCUT2D eigenvalue weighted by Gasteiger charge is -2.03. The number of nitrogens with one attached hydrogen (secondary N) is 1. The standard InChI is InChI=1S/C16H21NOS/c1-3-12-6-7-19-16(12)10-17-9-13-4-5-15(18-13)14-8-11(14)2/h4-7,11,14,17H,3,8-10H2,1-2H3. The summed E-state index contributed by atoms with van der Waals surface area (Å²) < 4.78 is 5.89. The Morgan fingerprint density at radius 2 is 2.16 bits per heavy atom. The van der Waals surface area contributed by atoms with E-state index in [0.717, 1.165) is 31.2 Å². The molecule has 19 heavy (non-hydrogen) atoms.